The van der Waals surface area contributed by atoms with Gasteiger partial charge in [-0.2, -0.15) is 0 Å². The zero-order valence-electron chi connectivity index (χ0n) is 14.1. The van der Waals surface area contributed by atoms with E-state index in [4.69, 9.17) is 19.4 Å². The molecule has 0 atom stereocenters. The Balaban J connectivity index is 2.02. The van der Waals surface area contributed by atoms with Crippen LogP contribution in [0.2, 0.25) is 0 Å². The molecule has 2 aliphatic rings. The molecule has 2 aliphatic heterocycles. The third-order valence-electron chi connectivity index (χ3n) is 5.17. The van der Waals surface area contributed by atoms with Crippen molar-refractivity contribution in [1.82, 2.24) is 0 Å². The summed E-state index contributed by atoms with van der Waals surface area (Å²) < 4.78 is 8.39. The van der Waals surface area contributed by atoms with E-state index in [9.17, 15) is 0 Å². The van der Waals surface area contributed by atoms with Crippen LogP contribution in [-0.4, -0.2) is 0 Å². The molecule has 0 saturated heterocycles. The quantitative estimate of drug-likeness (QED) is 0.341. The molecule has 0 N–H and O–H groups in total. The Bertz CT molecular complexity index is 1120. The SMILES string of the molecule is [Cl][Ru]12([Cl])([n+]3ccccc3-c3cccc[n+]31)[n+]1ccccc1-c1cccc[n+]12. The first kappa shape index (κ1) is 15.8. The fourth-order valence-corrected chi connectivity index (χ4v) is 19.0. The van der Waals surface area contributed by atoms with E-state index in [1.165, 1.54) is 0 Å². The van der Waals surface area contributed by atoms with Crippen LogP contribution in [0.4, 0.5) is 0 Å². The van der Waals surface area contributed by atoms with Crippen LogP contribution < -0.4 is 13.2 Å². The van der Waals surface area contributed by atoms with Crippen molar-refractivity contribution in [3.8, 4) is 22.8 Å². The van der Waals surface area contributed by atoms with Gasteiger partial charge in [0.2, 0.25) is 0 Å². The maximum absolute atomic E-state index is 8.03. The summed E-state index contributed by atoms with van der Waals surface area (Å²) in [5.41, 5.74) is 3.98. The van der Waals surface area contributed by atoms with Crippen LogP contribution in [-0.2, 0) is 11.4 Å². The van der Waals surface area contributed by atoms with Gasteiger partial charge in [-0.15, -0.1) is 0 Å². The first-order valence-corrected chi connectivity index (χ1v) is 16.1. The summed E-state index contributed by atoms with van der Waals surface area (Å²) in [7, 11) is 16.1. The van der Waals surface area contributed by atoms with E-state index in [1.54, 1.807) is 0 Å². The number of hydrogen-bond donors (Lipinski definition) is 0. The molecular formula is C20H16Cl2N4Ru+4. The van der Waals surface area contributed by atoms with Gasteiger partial charge in [-0.3, -0.25) is 0 Å². The molecule has 4 aromatic rings. The molecule has 0 unspecified atom stereocenters. The summed E-state index contributed by atoms with van der Waals surface area (Å²) in [5.74, 6) is 0. The number of hydrogen-bond acceptors (Lipinski definition) is 0. The molecule has 4 aromatic heterocycles. The number of nitrogens with zero attached hydrogens (tertiary/aromatic N) is 4. The second-order valence-corrected chi connectivity index (χ2v) is 22.6. The van der Waals surface area contributed by atoms with Crippen molar-refractivity contribution in [1.29, 1.82) is 0 Å². The number of rotatable bonds is 0. The fraction of sp³-hybridized carbons (Fsp3) is 0. The van der Waals surface area contributed by atoms with E-state index in [-0.39, 0.29) is 0 Å². The molecule has 7 heteroatoms. The van der Waals surface area contributed by atoms with E-state index in [1.807, 2.05) is 73.3 Å². The summed E-state index contributed by atoms with van der Waals surface area (Å²) in [4.78, 5) is 0. The molecule has 0 aromatic carbocycles. The normalized spacial score (nSPS) is 21.0. The van der Waals surface area contributed by atoms with Crippen LogP contribution in [0.1, 0.15) is 0 Å². The number of aromatic nitrogens is 4. The summed E-state index contributed by atoms with van der Waals surface area (Å²) in [6.45, 7) is 0. The average Bonchev–Trinajstić information content (AvgIpc) is 3.06. The third-order valence-corrected chi connectivity index (χ3v) is 21.0. The molecule has 0 radical (unpaired) electrons. The van der Waals surface area contributed by atoms with Gasteiger partial charge in [-0.25, -0.2) is 0 Å². The van der Waals surface area contributed by atoms with Gasteiger partial charge in [0.05, 0.1) is 0 Å². The Morgan fingerprint density at radius 2 is 0.704 bits per heavy atom. The van der Waals surface area contributed by atoms with Crippen LogP contribution in [0, 0.1) is 0 Å². The Labute approximate surface area is 163 Å². The first-order valence-electron chi connectivity index (χ1n) is 8.48. The van der Waals surface area contributed by atoms with Crippen molar-refractivity contribution in [3.05, 3.63) is 97.6 Å². The Kier molecular flexibility index (Phi) is 2.60. The predicted octanol–water partition coefficient (Wildman–Crippen LogP) is 2.48. The molecule has 0 fully saturated rings. The summed E-state index contributed by atoms with van der Waals surface area (Å²) in [6.07, 6.45) is 8.00. The summed E-state index contributed by atoms with van der Waals surface area (Å²) in [6, 6.07) is 24.3. The monoisotopic (exact) mass is 484 g/mol. The average molecular weight is 484 g/mol. The number of halogens is 2. The summed E-state index contributed by atoms with van der Waals surface area (Å²) >= 11 is -5.47. The van der Waals surface area contributed by atoms with Gasteiger partial charge in [0.1, 0.15) is 0 Å². The molecule has 0 saturated carbocycles. The van der Waals surface area contributed by atoms with Crippen molar-refractivity contribution in [2.75, 3.05) is 0 Å². The molecule has 134 valence electrons. The Morgan fingerprint density at radius 1 is 0.444 bits per heavy atom. The Morgan fingerprint density at radius 3 is 0.963 bits per heavy atom. The van der Waals surface area contributed by atoms with Crippen molar-refractivity contribution in [2.24, 2.45) is 0 Å². The Hall–Kier alpha value is -2.20. The molecule has 0 amide bonds. The van der Waals surface area contributed by atoms with Crippen LogP contribution in [0.5, 0.6) is 0 Å². The second kappa shape index (κ2) is 4.44. The standard InChI is InChI=1S/2C10H8N2.2ClH.Ru/c2*1-3-7-11-9(5-1)10-6-2-4-8-12-10;;;/h2*1-8H;2*1H;/q;;;;+6/p-2. The number of fused-ring (bicyclic) bond motifs is 10. The first-order chi connectivity index (χ1) is 13.0. The van der Waals surface area contributed by atoms with E-state index in [0.717, 1.165) is 22.8 Å². The van der Waals surface area contributed by atoms with Gasteiger partial charge in [0.25, 0.3) is 0 Å². The topological polar surface area (TPSA) is 15.5 Å². The molecule has 0 bridgehead atoms. The van der Waals surface area contributed by atoms with Crippen molar-refractivity contribution in [3.63, 3.8) is 0 Å². The zero-order chi connectivity index (χ0) is 18.3. The van der Waals surface area contributed by atoms with Crippen LogP contribution in [0.3, 0.4) is 0 Å². The minimum absolute atomic E-state index is 0.994. The number of pyridine rings is 4. The molecule has 0 aliphatic carbocycles. The van der Waals surface area contributed by atoms with Gasteiger partial charge >= 0.3 is 164 Å². The van der Waals surface area contributed by atoms with Crippen LogP contribution in [0.25, 0.3) is 22.8 Å². The van der Waals surface area contributed by atoms with Gasteiger partial charge in [-0.1, -0.05) is 0 Å². The van der Waals surface area contributed by atoms with Crippen molar-refractivity contribution in [2.45, 2.75) is 0 Å². The molecule has 4 nitrogen and oxygen atoms in total. The fourth-order valence-electron chi connectivity index (χ4n) is 4.10. The van der Waals surface area contributed by atoms with Crippen LogP contribution >= 0.6 is 19.4 Å². The summed E-state index contributed by atoms with van der Waals surface area (Å²) in [5, 5.41) is 0. The minimum atomic E-state index is -5.47. The molecule has 1 spiro atoms. The van der Waals surface area contributed by atoms with E-state index in [2.05, 4.69) is 37.5 Å². The van der Waals surface area contributed by atoms with E-state index >= 15 is 0 Å². The third kappa shape index (κ3) is 1.40. The van der Waals surface area contributed by atoms with Gasteiger partial charge in [-0.05, 0) is 0 Å². The maximum atomic E-state index is 8.03. The van der Waals surface area contributed by atoms with Crippen molar-refractivity contribution >= 4 is 19.4 Å². The predicted molar refractivity (Wildman–Crippen MR) is 97.8 cm³/mol. The molecular weight excluding hydrogens is 468 g/mol. The van der Waals surface area contributed by atoms with E-state index in [0.29, 0.717) is 0 Å². The second-order valence-electron chi connectivity index (χ2n) is 6.49. The van der Waals surface area contributed by atoms with Crippen molar-refractivity contribution < 1.29 is 24.6 Å². The van der Waals surface area contributed by atoms with Gasteiger partial charge < -0.3 is 0 Å². The molecule has 27 heavy (non-hydrogen) atoms. The molecule has 6 rings (SSSR count). The zero-order valence-corrected chi connectivity index (χ0v) is 17.4. The van der Waals surface area contributed by atoms with Crippen LogP contribution in [0.15, 0.2) is 97.6 Å². The van der Waals surface area contributed by atoms with Gasteiger partial charge in [0, 0.05) is 0 Å². The van der Waals surface area contributed by atoms with Gasteiger partial charge in [0.15, 0.2) is 0 Å². The molecule has 6 heterocycles. The van der Waals surface area contributed by atoms with E-state index < -0.39 is 11.4 Å².